The molecule has 0 bridgehead atoms. The molecule has 0 amide bonds. The average molecular weight is 365 g/mol. The molecule has 1 aromatic rings. The average Bonchev–Trinajstić information content (AvgIpc) is 2.75. The van der Waals surface area contributed by atoms with Gasteiger partial charge in [0.2, 0.25) is 10.0 Å². The van der Waals surface area contributed by atoms with Gasteiger partial charge in [0.05, 0.1) is 6.54 Å². The predicted octanol–water partition coefficient (Wildman–Crippen LogP) is 2.57. The Morgan fingerprint density at radius 1 is 1.50 bits per heavy atom. The van der Waals surface area contributed by atoms with E-state index in [1.807, 2.05) is 6.92 Å². The first-order chi connectivity index (χ1) is 9.37. The zero-order chi connectivity index (χ0) is 14.9. The highest BCUT2D eigenvalue weighted by Crippen LogP contribution is 2.33. The van der Waals surface area contributed by atoms with E-state index in [4.69, 9.17) is 4.42 Å². The Morgan fingerprint density at radius 3 is 2.85 bits per heavy atom. The van der Waals surface area contributed by atoms with Gasteiger partial charge in [-0.05, 0) is 48.7 Å². The number of hydrogen-bond acceptors (Lipinski definition) is 4. The van der Waals surface area contributed by atoms with E-state index in [-0.39, 0.29) is 15.6 Å². The highest BCUT2D eigenvalue weighted by Gasteiger charge is 2.36. The van der Waals surface area contributed by atoms with E-state index in [2.05, 4.69) is 28.2 Å². The van der Waals surface area contributed by atoms with Gasteiger partial charge >= 0.3 is 0 Å². The summed E-state index contributed by atoms with van der Waals surface area (Å²) in [5.41, 5.74) is 0. The van der Waals surface area contributed by atoms with E-state index in [9.17, 15) is 8.42 Å². The number of nitrogens with one attached hydrogen (secondary N) is 1. The van der Waals surface area contributed by atoms with Crippen LogP contribution in [0.4, 0.5) is 0 Å². The molecule has 2 heterocycles. The summed E-state index contributed by atoms with van der Waals surface area (Å²) in [6.45, 7) is 5.15. The lowest BCUT2D eigenvalue weighted by Crippen LogP contribution is -2.45. The van der Waals surface area contributed by atoms with Crippen molar-refractivity contribution in [3.05, 3.63) is 16.5 Å². The molecule has 1 aliphatic heterocycles. The number of sulfonamides is 1. The molecular weight excluding hydrogens is 344 g/mol. The molecular formula is C13H21BrN2O3S. The minimum Gasteiger partial charge on any atom is -0.452 e. The molecule has 2 unspecified atom stereocenters. The first-order valence-electron chi connectivity index (χ1n) is 6.82. The molecule has 1 aliphatic rings. The summed E-state index contributed by atoms with van der Waals surface area (Å²) >= 11 is 3.22. The van der Waals surface area contributed by atoms with Gasteiger partial charge in [0.1, 0.15) is 10.7 Å². The SMILES string of the molecule is CNCc1cc(S(=O)(=O)N2CCCC(C)C2C)c(Br)o1. The number of rotatable bonds is 4. The first kappa shape index (κ1) is 16.0. The molecule has 7 heteroatoms. The summed E-state index contributed by atoms with van der Waals surface area (Å²) in [5, 5.41) is 2.95. The van der Waals surface area contributed by atoms with Gasteiger partial charge in [-0.2, -0.15) is 4.31 Å². The van der Waals surface area contributed by atoms with Crippen LogP contribution in [0.15, 0.2) is 20.0 Å². The third kappa shape index (κ3) is 2.95. The second-order valence-electron chi connectivity index (χ2n) is 5.36. The van der Waals surface area contributed by atoms with Crippen molar-refractivity contribution in [3.63, 3.8) is 0 Å². The van der Waals surface area contributed by atoms with E-state index < -0.39 is 10.0 Å². The Labute approximate surface area is 128 Å². The van der Waals surface area contributed by atoms with E-state index >= 15 is 0 Å². The molecule has 1 aromatic heterocycles. The van der Waals surface area contributed by atoms with Gasteiger partial charge in [-0.1, -0.05) is 6.92 Å². The Morgan fingerprint density at radius 2 is 2.20 bits per heavy atom. The van der Waals surface area contributed by atoms with Gasteiger partial charge in [0, 0.05) is 18.7 Å². The minimum absolute atomic E-state index is 0.0169. The number of hydrogen-bond donors (Lipinski definition) is 1. The van der Waals surface area contributed by atoms with Crippen LogP contribution < -0.4 is 5.32 Å². The van der Waals surface area contributed by atoms with Gasteiger partial charge in [-0.15, -0.1) is 0 Å². The normalized spacial score (nSPS) is 25.0. The largest absolute Gasteiger partial charge is 0.452 e. The summed E-state index contributed by atoms with van der Waals surface area (Å²) < 4.78 is 32.9. The van der Waals surface area contributed by atoms with Crippen molar-refractivity contribution in [1.29, 1.82) is 0 Å². The standard InChI is InChI=1S/C13H21BrN2O3S/c1-9-5-4-6-16(10(9)2)20(17,18)12-7-11(8-15-3)19-13(12)14/h7,9-10,15H,4-6,8H2,1-3H3. The molecule has 1 N–H and O–H groups in total. The topological polar surface area (TPSA) is 62.6 Å². The van der Waals surface area contributed by atoms with E-state index in [0.29, 0.717) is 24.8 Å². The van der Waals surface area contributed by atoms with Crippen LogP contribution in [0, 0.1) is 5.92 Å². The van der Waals surface area contributed by atoms with Crippen molar-refractivity contribution in [2.24, 2.45) is 5.92 Å². The number of nitrogens with zero attached hydrogens (tertiary/aromatic N) is 1. The fourth-order valence-corrected chi connectivity index (χ4v) is 5.33. The van der Waals surface area contributed by atoms with E-state index in [0.717, 1.165) is 12.8 Å². The molecule has 2 rings (SSSR count). The summed E-state index contributed by atoms with van der Waals surface area (Å²) in [6.07, 6.45) is 1.98. The molecule has 0 saturated carbocycles. The lowest BCUT2D eigenvalue weighted by molar-refractivity contribution is 0.202. The van der Waals surface area contributed by atoms with Crippen LogP contribution in [0.1, 0.15) is 32.4 Å². The molecule has 0 radical (unpaired) electrons. The third-order valence-electron chi connectivity index (χ3n) is 3.96. The molecule has 0 spiro atoms. The van der Waals surface area contributed by atoms with Gasteiger partial charge < -0.3 is 9.73 Å². The highest BCUT2D eigenvalue weighted by atomic mass is 79.9. The number of halogens is 1. The lowest BCUT2D eigenvalue weighted by atomic mass is 9.94. The second kappa shape index (κ2) is 6.17. The second-order valence-corrected chi connectivity index (χ2v) is 7.94. The van der Waals surface area contributed by atoms with Crippen LogP contribution in [0.25, 0.3) is 0 Å². The van der Waals surface area contributed by atoms with Crippen molar-refractivity contribution >= 4 is 26.0 Å². The maximum atomic E-state index is 12.8. The molecule has 0 aliphatic carbocycles. The Balaban J connectivity index is 2.34. The summed E-state index contributed by atoms with van der Waals surface area (Å²) in [5.74, 6) is 0.983. The van der Waals surface area contributed by atoms with Crippen LogP contribution in [0.3, 0.4) is 0 Å². The maximum Gasteiger partial charge on any atom is 0.247 e. The van der Waals surface area contributed by atoms with Crippen molar-refractivity contribution in [2.75, 3.05) is 13.6 Å². The third-order valence-corrected chi connectivity index (χ3v) is 6.80. The molecule has 1 saturated heterocycles. The molecule has 5 nitrogen and oxygen atoms in total. The van der Waals surface area contributed by atoms with Gasteiger partial charge in [0.15, 0.2) is 4.67 Å². The fourth-order valence-electron chi connectivity index (χ4n) is 2.60. The Bertz CT molecular complexity index is 570. The van der Waals surface area contributed by atoms with Crippen LogP contribution >= 0.6 is 15.9 Å². The van der Waals surface area contributed by atoms with Crippen LogP contribution in [-0.2, 0) is 16.6 Å². The van der Waals surface area contributed by atoms with E-state index in [1.165, 1.54) is 0 Å². The fraction of sp³-hybridized carbons (Fsp3) is 0.692. The zero-order valence-corrected chi connectivity index (χ0v) is 14.4. The Hall–Kier alpha value is -0.370. The zero-order valence-electron chi connectivity index (χ0n) is 12.0. The van der Waals surface area contributed by atoms with Crippen molar-refractivity contribution in [1.82, 2.24) is 9.62 Å². The van der Waals surface area contributed by atoms with Crippen molar-refractivity contribution in [3.8, 4) is 0 Å². The molecule has 1 fully saturated rings. The smallest absolute Gasteiger partial charge is 0.247 e. The molecule has 114 valence electrons. The van der Waals surface area contributed by atoms with Gasteiger partial charge in [0.25, 0.3) is 0 Å². The predicted molar refractivity (Wildman–Crippen MR) is 80.9 cm³/mol. The Kier molecular flexibility index (Phi) is 4.94. The summed E-state index contributed by atoms with van der Waals surface area (Å²) in [7, 11) is -1.72. The van der Waals surface area contributed by atoms with Crippen LogP contribution in [0.5, 0.6) is 0 Å². The van der Waals surface area contributed by atoms with E-state index in [1.54, 1.807) is 17.4 Å². The lowest BCUT2D eigenvalue weighted by Gasteiger charge is -2.36. The monoisotopic (exact) mass is 364 g/mol. The quantitative estimate of drug-likeness (QED) is 0.891. The summed E-state index contributed by atoms with van der Waals surface area (Å²) in [6, 6.07) is 1.62. The van der Waals surface area contributed by atoms with Crippen LogP contribution in [-0.4, -0.2) is 32.4 Å². The molecule has 2 atom stereocenters. The van der Waals surface area contributed by atoms with Gasteiger partial charge in [-0.3, -0.25) is 0 Å². The summed E-state index contributed by atoms with van der Waals surface area (Å²) in [4.78, 5) is 0.226. The number of piperidine rings is 1. The highest BCUT2D eigenvalue weighted by molar-refractivity contribution is 9.10. The minimum atomic E-state index is -3.51. The van der Waals surface area contributed by atoms with Gasteiger partial charge in [-0.25, -0.2) is 8.42 Å². The molecule has 0 aromatic carbocycles. The van der Waals surface area contributed by atoms with Crippen LogP contribution in [0.2, 0.25) is 0 Å². The number of furan rings is 1. The van der Waals surface area contributed by atoms with Crippen molar-refractivity contribution < 1.29 is 12.8 Å². The molecule has 20 heavy (non-hydrogen) atoms. The first-order valence-corrected chi connectivity index (χ1v) is 9.06. The maximum absolute atomic E-state index is 12.8. The van der Waals surface area contributed by atoms with Crippen molar-refractivity contribution in [2.45, 2.75) is 44.2 Å².